The Morgan fingerprint density at radius 2 is 1.91 bits per heavy atom. The van der Waals surface area contributed by atoms with E-state index in [-0.39, 0.29) is 11.5 Å². The second kappa shape index (κ2) is 10.9. The molecule has 0 aliphatic carbocycles. The zero-order chi connectivity index (χ0) is 22.9. The molecule has 0 amide bonds. The molecule has 0 unspecified atom stereocenters. The number of nitro groups is 1. The Hall–Kier alpha value is -3.94. The van der Waals surface area contributed by atoms with Gasteiger partial charge in [-0.05, 0) is 48.2 Å². The topological polar surface area (TPSA) is 101 Å². The molecule has 0 atom stereocenters. The van der Waals surface area contributed by atoms with Crippen LogP contribution in [0.5, 0.6) is 11.5 Å². The van der Waals surface area contributed by atoms with Gasteiger partial charge in [-0.15, -0.1) is 0 Å². The monoisotopic (exact) mass is 435 g/mol. The molecule has 3 rings (SSSR count). The molecule has 0 radical (unpaired) electrons. The van der Waals surface area contributed by atoms with E-state index in [1.165, 1.54) is 24.4 Å². The second-order valence-electron chi connectivity index (χ2n) is 6.97. The van der Waals surface area contributed by atoms with Gasteiger partial charge in [-0.2, -0.15) is 0 Å². The van der Waals surface area contributed by atoms with Crippen molar-refractivity contribution in [3.8, 4) is 22.9 Å². The van der Waals surface area contributed by atoms with Crippen LogP contribution in [0.4, 0.5) is 5.69 Å². The van der Waals surface area contributed by atoms with Crippen LogP contribution in [0.2, 0.25) is 0 Å². The summed E-state index contributed by atoms with van der Waals surface area (Å²) in [7, 11) is 0. The highest BCUT2D eigenvalue weighted by atomic mass is 16.6. The Kier molecular flexibility index (Phi) is 7.75. The predicted octanol–water partition coefficient (Wildman–Crippen LogP) is 5.04. The molecule has 0 saturated carbocycles. The van der Waals surface area contributed by atoms with E-state index in [1.807, 2.05) is 25.1 Å². The Balaban J connectivity index is 1.86. The Labute approximate surface area is 186 Å². The van der Waals surface area contributed by atoms with E-state index < -0.39 is 4.92 Å². The van der Waals surface area contributed by atoms with Crippen LogP contribution in [0.15, 0.2) is 54.7 Å². The molecule has 8 heteroatoms. The zero-order valence-corrected chi connectivity index (χ0v) is 18.1. The number of hydrogen-bond donors (Lipinski definition) is 0. The van der Waals surface area contributed by atoms with Gasteiger partial charge < -0.3 is 14.7 Å². The number of rotatable bonds is 10. The Morgan fingerprint density at radius 3 is 2.66 bits per heavy atom. The minimum absolute atomic E-state index is 0.0885. The summed E-state index contributed by atoms with van der Waals surface area (Å²) in [5.41, 5.74) is 1.46. The summed E-state index contributed by atoms with van der Waals surface area (Å²) in [6.07, 6.45) is 6.96. The lowest BCUT2D eigenvalue weighted by atomic mass is 10.1. The van der Waals surface area contributed by atoms with Crippen molar-refractivity contribution in [3.63, 3.8) is 0 Å². The number of non-ortho nitro benzene ring substituents is 1. The first kappa shape index (κ1) is 22.7. The van der Waals surface area contributed by atoms with E-state index >= 15 is 0 Å². The summed E-state index contributed by atoms with van der Waals surface area (Å²) in [6.45, 7) is 5.14. The molecule has 8 nitrogen and oxygen atoms in total. The van der Waals surface area contributed by atoms with Gasteiger partial charge in [0, 0.05) is 18.2 Å². The quantitative estimate of drug-likeness (QED) is 0.145. The maximum Gasteiger partial charge on any atom is 0.333 e. The van der Waals surface area contributed by atoms with Crippen molar-refractivity contribution < 1.29 is 19.1 Å². The highest BCUT2D eigenvalue weighted by Gasteiger charge is 2.16. The van der Waals surface area contributed by atoms with E-state index in [0.717, 1.165) is 18.4 Å². The highest BCUT2D eigenvalue weighted by molar-refractivity contribution is 5.69. The van der Waals surface area contributed by atoms with E-state index in [0.29, 0.717) is 40.7 Å². The van der Waals surface area contributed by atoms with E-state index in [2.05, 4.69) is 11.9 Å². The van der Waals surface area contributed by atoms with Crippen LogP contribution in [0.25, 0.3) is 23.5 Å². The number of nitrogens with zero attached hydrogens (tertiary/aromatic N) is 3. The van der Waals surface area contributed by atoms with Gasteiger partial charge in [-0.1, -0.05) is 31.6 Å². The molecule has 1 heterocycles. The van der Waals surface area contributed by atoms with Crippen molar-refractivity contribution in [1.29, 1.82) is 0 Å². The summed E-state index contributed by atoms with van der Waals surface area (Å²) in [5, 5.41) is 23.9. The SMILES string of the molecule is CCCCOc1ccc(/C=C/c2ccnc(-c3cccc([N+](=O)[O-])c3)[n+]2[O-])cc1OCC. The van der Waals surface area contributed by atoms with Gasteiger partial charge in [-0.3, -0.25) is 10.1 Å². The third-order valence-corrected chi connectivity index (χ3v) is 4.65. The smallest absolute Gasteiger partial charge is 0.333 e. The first-order valence-corrected chi connectivity index (χ1v) is 10.4. The number of ether oxygens (including phenoxy) is 2. The Bertz CT molecular complexity index is 1110. The van der Waals surface area contributed by atoms with Gasteiger partial charge in [0.1, 0.15) is 11.9 Å². The van der Waals surface area contributed by atoms with Crippen LogP contribution >= 0.6 is 0 Å². The van der Waals surface area contributed by atoms with Crippen LogP contribution in [-0.4, -0.2) is 23.1 Å². The minimum atomic E-state index is -0.506. The average molecular weight is 435 g/mol. The largest absolute Gasteiger partial charge is 0.710 e. The molecule has 166 valence electrons. The van der Waals surface area contributed by atoms with Crippen molar-refractivity contribution in [2.24, 2.45) is 0 Å². The van der Waals surface area contributed by atoms with Gasteiger partial charge in [0.15, 0.2) is 11.5 Å². The lowest BCUT2D eigenvalue weighted by molar-refractivity contribution is -0.598. The van der Waals surface area contributed by atoms with Crippen LogP contribution in [-0.2, 0) is 0 Å². The van der Waals surface area contributed by atoms with Gasteiger partial charge in [0.25, 0.3) is 5.69 Å². The summed E-state index contributed by atoms with van der Waals surface area (Å²) >= 11 is 0. The van der Waals surface area contributed by atoms with Gasteiger partial charge in [0.2, 0.25) is 0 Å². The molecule has 1 aromatic heterocycles. The first-order chi connectivity index (χ1) is 15.5. The van der Waals surface area contributed by atoms with Gasteiger partial charge in [-0.25, -0.2) is 4.73 Å². The van der Waals surface area contributed by atoms with E-state index in [1.54, 1.807) is 24.3 Å². The molecule has 0 aliphatic rings. The lowest BCUT2D eigenvalue weighted by Gasteiger charge is -2.12. The fraction of sp³-hybridized carbons (Fsp3) is 0.250. The molecule has 3 aromatic rings. The van der Waals surface area contributed by atoms with Gasteiger partial charge in [0.05, 0.1) is 23.7 Å². The number of unbranched alkanes of at least 4 members (excludes halogenated alkanes) is 1. The van der Waals surface area contributed by atoms with Crippen molar-refractivity contribution in [1.82, 2.24) is 4.98 Å². The molecule has 32 heavy (non-hydrogen) atoms. The highest BCUT2D eigenvalue weighted by Crippen LogP contribution is 2.29. The molecule has 0 bridgehead atoms. The predicted molar refractivity (Wildman–Crippen MR) is 122 cm³/mol. The summed E-state index contributed by atoms with van der Waals surface area (Å²) < 4.78 is 12.2. The summed E-state index contributed by atoms with van der Waals surface area (Å²) in [6, 6.07) is 13.0. The molecule has 0 fully saturated rings. The number of aromatic nitrogens is 2. The van der Waals surface area contributed by atoms with Crippen LogP contribution < -0.4 is 14.2 Å². The Morgan fingerprint density at radius 1 is 1.06 bits per heavy atom. The number of hydrogen-bond acceptors (Lipinski definition) is 6. The molecule has 2 aromatic carbocycles. The van der Waals surface area contributed by atoms with Crippen molar-refractivity contribution in [2.75, 3.05) is 13.2 Å². The maximum atomic E-state index is 12.8. The summed E-state index contributed by atoms with van der Waals surface area (Å²) in [5.74, 6) is 1.42. The average Bonchev–Trinajstić information content (AvgIpc) is 2.80. The third-order valence-electron chi connectivity index (χ3n) is 4.65. The van der Waals surface area contributed by atoms with Crippen molar-refractivity contribution in [3.05, 3.63) is 81.3 Å². The van der Waals surface area contributed by atoms with Crippen LogP contribution in [0, 0.1) is 15.3 Å². The fourth-order valence-corrected chi connectivity index (χ4v) is 3.02. The molecule has 0 spiro atoms. The lowest BCUT2D eigenvalue weighted by Crippen LogP contribution is -2.33. The second-order valence-corrected chi connectivity index (χ2v) is 6.97. The van der Waals surface area contributed by atoms with Crippen LogP contribution in [0.3, 0.4) is 0 Å². The zero-order valence-electron chi connectivity index (χ0n) is 18.1. The maximum absolute atomic E-state index is 12.8. The van der Waals surface area contributed by atoms with E-state index in [4.69, 9.17) is 9.47 Å². The minimum Gasteiger partial charge on any atom is -0.710 e. The van der Waals surface area contributed by atoms with E-state index in [9.17, 15) is 15.3 Å². The fourth-order valence-electron chi connectivity index (χ4n) is 3.02. The standard InChI is InChI=1S/C24H25N3O5/c1-3-5-15-32-22-12-10-18(16-23(22)31-4-2)9-11-20-13-14-25-24(26(20)28)19-7-6-8-21(17-19)27(29)30/h6-14,16-17H,3-5,15H2,1-2H3/b11-9+. The summed E-state index contributed by atoms with van der Waals surface area (Å²) in [4.78, 5) is 14.6. The van der Waals surface area contributed by atoms with Crippen molar-refractivity contribution >= 4 is 17.8 Å². The van der Waals surface area contributed by atoms with Crippen molar-refractivity contribution in [2.45, 2.75) is 26.7 Å². The molecule has 0 aliphatic heterocycles. The molecule has 0 N–H and O–H groups in total. The van der Waals surface area contributed by atoms with Crippen LogP contribution in [0.1, 0.15) is 37.9 Å². The molecule has 0 saturated heterocycles. The molecular weight excluding hydrogens is 410 g/mol. The third kappa shape index (κ3) is 5.60. The number of nitro benzene ring substituents is 1. The number of benzene rings is 2. The van der Waals surface area contributed by atoms with Gasteiger partial charge >= 0.3 is 5.82 Å². The molecular formula is C24H25N3O5. The normalized spacial score (nSPS) is 10.9. The first-order valence-electron chi connectivity index (χ1n) is 10.4.